The smallest absolute Gasteiger partial charge is 0.332 e. The summed E-state index contributed by atoms with van der Waals surface area (Å²) in [4.78, 5) is 43.9. The van der Waals surface area contributed by atoms with Crippen molar-refractivity contribution in [2.45, 2.75) is 45.4 Å². The molecule has 42 heavy (non-hydrogen) atoms. The fourth-order valence-electron chi connectivity index (χ4n) is 5.20. The molecule has 4 aromatic rings. The van der Waals surface area contributed by atoms with E-state index in [0.29, 0.717) is 45.9 Å². The summed E-state index contributed by atoms with van der Waals surface area (Å²) in [5, 5.41) is 9.41. The predicted octanol–water partition coefficient (Wildman–Crippen LogP) is 2.68. The second-order valence-corrected chi connectivity index (χ2v) is 10.9. The summed E-state index contributed by atoms with van der Waals surface area (Å²) in [7, 11) is 2.98. The van der Waals surface area contributed by atoms with Crippen molar-refractivity contribution in [3.05, 3.63) is 68.4 Å². The number of hydrogen-bond acceptors (Lipinski definition) is 9. The van der Waals surface area contributed by atoms with Gasteiger partial charge in [-0.1, -0.05) is 11.3 Å². The van der Waals surface area contributed by atoms with Crippen molar-refractivity contribution in [3.8, 4) is 10.8 Å². The summed E-state index contributed by atoms with van der Waals surface area (Å²) in [6, 6.07) is 4.12. The van der Waals surface area contributed by atoms with Gasteiger partial charge in [-0.2, -0.15) is 10.2 Å². The summed E-state index contributed by atoms with van der Waals surface area (Å²) in [6.07, 6.45) is 4.50. The summed E-state index contributed by atoms with van der Waals surface area (Å²) in [5.74, 6) is -0.191. The molecule has 0 saturated carbocycles. The number of ether oxygens (including phenoxy) is 3. The summed E-state index contributed by atoms with van der Waals surface area (Å²) >= 11 is 1.22. The zero-order valence-corrected chi connectivity index (χ0v) is 24.6. The number of halogens is 1. The largest absolute Gasteiger partial charge is 0.496 e. The van der Waals surface area contributed by atoms with Gasteiger partial charge in [0.1, 0.15) is 27.5 Å². The third-order valence-electron chi connectivity index (χ3n) is 7.38. The van der Waals surface area contributed by atoms with Gasteiger partial charge in [0.05, 0.1) is 44.6 Å². The number of rotatable bonds is 12. The second kappa shape index (κ2) is 13.0. The van der Waals surface area contributed by atoms with Gasteiger partial charge in [0, 0.05) is 50.4 Å². The third kappa shape index (κ3) is 5.87. The molecule has 0 spiro atoms. The summed E-state index contributed by atoms with van der Waals surface area (Å²) in [5.41, 5.74) is 0.177. The Hall–Kier alpha value is -3.88. The number of thiophene rings is 1. The van der Waals surface area contributed by atoms with Crippen molar-refractivity contribution < 1.29 is 23.4 Å². The zero-order valence-electron chi connectivity index (χ0n) is 23.7. The highest BCUT2D eigenvalue weighted by Gasteiger charge is 2.26. The number of carbonyl (C=O) groups is 1. The highest BCUT2D eigenvalue weighted by molar-refractivity contribution is 7.21. The molecule has 5 rings (SSSR count). The maximum Gasteiger partial charge on any atom is 0.332 e. The fraction of sp³-hybridized carbons (Fsp3) is 0.464. The zero-order chi connectivity index (χ0) is 29.8. The predicted molar refractivity (Wildman–Crippen MR) is 154 cm³/mol. The molecule has 1 saturated heterocycles. The average Bonchev–Trinajstić information content (AvgIpc) is 3.63. The molecule has 1 atom stereocenters. The molecule has 0 bridgehead atoms. The number of fused-ring (bicyclic) bond motifs is 1. The first-order valence-electron chi connectivity index (χ1n) is 13.7. The number of methoxy groups -OCH3 is 2. The minimum absolute atomic E-state index is 0.00407. The first kappa shape index (κ1) is 29.6. The van der Waals surface area contributed by atoms with Gasteiger partial charge in [-0.15, -0.1) is 4.80 Å². The number of aromatic nitrogens is 5. The van der Waals surface area contributed by atoms with Crippen LogP contribution in [0.1, 0.15) is 36.5 Å². The van der Waals surface area contributed by atoms with Gasteiger partial charge in [-0.05, 0) is 31.9 Å². The van der Waals surface area contributed by atoms with E-state index < -0.39 is 23.2 Å². The van der Waals surface area contributed by atoms with Crippen LogP contribution in [0.2, 0.25) is 0 Å². The fourth-order valence-corrected chi connectivity index (χ4v) is 6.42. The molecule has 1 fully saturated rings. The van der Waals surface area contributed by atoms with E-state index in [1.54, 1.807) is 25.0 Å². The van der Waals surface area contributed by atoms with Crippen LogP contribution in [0.4, 0.5) is 4.39 Å². The average molecular weight is 601 g/mol. The van der Waals surface area contributed by atoms with Crippen LogP contribution in [0.5, 0.6) is 5.75 Å². The molecular formula is C28H33FN6O6S. The normalized spacial score (nSPS) is 14.6. The maximum atomic E-state index is 14.1. The van der Waals surface area contributed by atoms with Crippen LogP contribution in [0, 0.1) is 12.7 Å². The number of hydrogen-bond donors (Lipinski definition) is 0. The lowest BCUT2D eigenvalue weighted by Gasteiger charge is -2.27. The number of piperidine rings is 1. The number of amides is 1. The Bertz CT molecular complexity index is 1680. The van der Waals surface area contributed by atoms with Crippen LogP contribution in [0.3, 0.4) is 0 Å². The number of carbonyl (C=O) groups excluding carboxylic acids is 1. The first-order valence-corrected chi connectivity index (χ1v) is 14.5. The third-order valence-corrected chi connectivity index (χ3v) is 8.66. The highest BCUT2D eigenvalue weighted by Crippen LogP contribution is 2.33. The minimum atomic E-state index is -0.750. The van der Waals surface area contributed by atoms with Crippen LogP contribution >= 0.6 is 11.3 Å². The molecule has 4 heterocycles. The molecule has 1 aliphatic rings. The van der Waals surface area contributed by atoms with E-state index in [-0.39, 0.29) is 37.9 Å². The summed E-state index contributed by atoms with van der Waals surface area (Å²) in [6.45, 7) is 3.16. The van der Waals surface area contributed by atoms with E-state index in [0.717, 1.165) is 12.8 Å². The molecule has 1 amide bonds. The Balaban J connectivity index is 1.65. The van der Waals surface area contributed by atoms with Gasteiger partial charge in [-0.25, -0.2) is 9.18 Å². The van der Waals surface area contributed by atoms with Crippen molar-refractivity contribution in [2.24, 2.45) is 0 Å². The van der Waals surface area contributed by atoms with Gasteiger partial charge >= 0.3 is 5.69 Å². The molecule has 12 nitrogen and oxygen atoms in total. The Morgan fingerprint density at radius 3 is 2.55 bits per heavy atom. The number of likely N-dealkylation sites (tertiary alicyclic amines) is 1. The Morgan fingerprint density at radius 1 is 1.05 bits per heavy atom. The molecular weight excluding hydrogens is 567 g/mol. The molecule has 0 unspecified atom stereocenters. The Labute approximate surface area is 244 Å². The van der Waals surface area contributed by atoms with Crippen molar-refractivity contribution >= 4 is 27.5 Å². The van der Waals surface area contributed by atoms with E-state index in [9.17, 15) is 18.8 Å². The number of aryl methyl sites for hydroxylation is 1. The molecule has 224 valence electrons. The lowest BCUT2D eigenvalue weighted by atomic mass is 10.1. The van der Waals surface area contributed by atoms with E-state index in [2.05, 4.69) is 10.2 Å². The van der Waals surface area contributed by atoms with Crippen molar-refractivity contribution in [2.75, 3.05) is 40.5 Å². The van der Waals surface area contributed by atoms with Crippen LogP contribution in [0.25, 0.3) is 15.2 Å². The molecule has 1 aromatic carbocycles. The lowest BCUT2D eigenvalue weighted by Crippen LogP contribution is -2.45. The van der Waals surface area contributed by atoms with Crippen LogP contribution < -0.4 is 16.0 Å². The van der Waals surface area contributed by atoms with Crippen LogP contribution in [0.15, 0.2) is 40.2 Å². The molecule has 3 aromatic heterocycles. The van der Waals surface area contributed by atoms with E-state index in [1.807, 2.05) is 0 Å². The molecule has 0 radical (unpaired) electrons. The number of benzene rings is 1. The Kier molecular flexibility index (Phi) is 9.14. The number of nitrogens with zero attached hydrogens (tertiary/aromatic N) is 6. The van der Waals surface area contributed by atoms with Gasteiger partial charge in [0.15, 0.2) is 0 Å². The van der Waals surface area contributed by atoms with E-state index in [4.69, 9.17) is 14.2 Å². The van der Waals surface area contributed by atoms with Gasteiger partial charge in [0.2, 0.25) is 5.91 Å². The minimum Gasteiger partial charge on any atom is -0.496 e. The molecule has 0 aliphatic carbocycles. The standard InChI is InChI=1S/C28H33FN6O6S/c1-18-24-25(37)33(13-12-32-11-5-4-6-23(32)36)28(38)34(27(24)42-26(18)35-30-9-10-31-35)17-22(41-15-14-39-2)20-8-7-19(29)16-21(20)40-3/h7-10,16,22H,4-6,11-15,17H2,1-3H3/t22-/m0/s1. The van der Waals surface area contributed by atoms with Gasteiger partial charge in [-0.3, -0.25) is 18.7 Å². The van der Waals surface area contributed by atoms with Crippen molar-refractivity contribution in [3.63, 3.8) is 0 Å². The van der Waals surface area contributed by atoms with Crippen LogP contribution in [-0.4, -0.2) is 75.5 Å². The topological polar surface area (TPSA) is 123 Å². The highest BCUT2D eigenvalue weighted by atomic mass is 32.1. The van der Waals surface area contributed by atoms with Crippen molar-refractivity contribution in [1.82, 2.24) is 29.0 Å². The quantitative estimate of drug-likeness (QED) is 0.228. The Morgan fingerprint density at radius 2 is 1.83 bits per heavy atom. The second-order valence-electron chi connectivity index (χ2n) is 9.96. The maximum absolute atomic E-state index is 14.1. The van der Waals surface area contributed by atoms with Crippen molar-refractivity contribution in [1.29, 1.82) is 0 Å². The SMILES string of the molecule is COCCO[C@@H](Cn1c(=O)n(CCN2CCCCC2=O)c(=O)c2c(C)c(-n3nccn3)sc21)c1ccc(F)cc1OC. The van der Waals surface area contributed by atoms with Crippen LogP contribution in [-0.2, 0) is 27.4 Å². The van der Waals surface area contributed by atoms with E-state index >= 15 is 0 Å². The van der Waals surface area contributed by atoms with Gasteiger partial charge in [0.25, 0.3) is 5.56 Å². The lowest BCUT2D eigenvalue weighted by molar-refractivity contribution is -0.133. The monoisotopic (exact) mass is 600 g/mol. The summed E-state index contributed by atoms with van der Waals surface area (Å²) < 4.78 is 33.5. The first-order chi connectivity index (χ1) is 20.3. The molecule has 1 aliphatic heterocycles. The molecule has 0 N–H and O–H groups in total. The van der Waals surface area contributed by atoms with E-state index in [1.165, 1.54) is 56.9 Å². The van der Waals surface area contributed by atoms with Gasteiger partial charge < -0.3 is 19.1 Å². The molecule has 14 heteroatoms.